The molecule has 1 saturated heterocycles. The fourth-order valence-electron chi connectivity index (χ4n) is 2.17. The van der Waals surface area contributed by atoms with Crippen molar-refractivity contribution in [3.63, 3.8) is 0 Å². The molecule has 4 amide bonds. The molecular weight excluding hydrogens is 263 g/mol. The molecule has 1 aliphatic rings. The maximum Gasteiger partial charge on any atom is 0.335 e. The van der Waals surface area contributed by atoms with Crippen molar-refractivity contribution in [1.82, 2.24) is 5.32 Å². The third-order valence-corrected chi connectivity index (χ3v) is 3.25. The summed E-state index contributed by atoms with van der Waals surface area (Å²) < 4.78 is 13.3. The zero-order chi connectivity index (χ0) is 14.9. The molecule has 1 atom stereocenters. The number of rotatable bonds is 3. The lowest BCUT2D eigenvalue weighted by Crippen LogP contribution is -2.58. The summed E-state index contributed by atoms with van der Waals surface area (Å²) in [5, 5.41) is 2.16. The van der Waals surface area contributed by atoms with E-state index in [9.17, 15) is 18.8 Å². The van der Waals surface area contributed by atoms with Crippen LogP contribution < -0.4 is 10.2 Å². The van der Waals surface area contributed by atoms with E-state index in [4.69, 9.17) is 0 Å². The van der Waals surface area contributed by atoms with Gasteiger partial charge in [-0.1, -0.05) is 13.3 Å². The third kappa shape index (κ3) is 2.41. The molecule has 1 aromatic rings. The van der Waals surface area contributed by atoms with Crippen LogP contribution in [0.15, 0.2) is 18.2 Å². The first-order valence-corrected chi connectivity index (χ1v) is 6.40. The van der Waals surface area contributed by atoms with Crippen LogP contribution in [0.2, 0.25) is 0 Å². The van der Waals surface area contributed by atoms with Gasteiger partial charge in [0.2, 0.25) is 11.8 Å². The number of amides is 4. The van der Waals surface area contributed by atoms with Gasteiger partial charge in [-0.3, -0.25) is 14.9 Å². The first-order valence-electron chi connectivity index (χ1n) is 6.40. The van der Waals surface area contributed by atoms with Crippen LogP contribution in [0.5, 0.6) is 0 Å². The Balaban J connectivity index is 2.38. The van der Waals surface area contributed by atoms with Gasteiger partial charge in [0.05, 0.1) is 5.69 Å². The second-order valence-corrected chi connectivity index (χ2v) is 4.74. The lowest BCUT2D eigenvalue weighted by Gasteiger charge is -2.30. The molecule has 0 saturated carbocycles. The Kier molecular flexibility index (Phi) is 3.83. The highest BCUT2D eigenvalue weighted by atomic mass is 19.1. The Bertz CT molecular complexity index is 586. The molecule has 106 valence electrons. The van der Waals surface area contributed by atoms with E-state index in [1.165, 1.54) is 18.2 Å². The number of carbonyl (C=O) groups is 3. The fraction of sp³-hybridized carbons (Fsp3) is 0.357. The predicted octanol–water partition coefficient (Wildman–Crippen LogP) is 2.13. The Morgan fingerprint density at radius 1 is 1.30 bits per heavy atom. The number of anilines is 1. The van der Waals surface area contributed by atoms with Gasteiger partial charge in [0.1, 0.15) is 11.7 Å². The van der Waals surface area contributed by atoms with Crippen molar-refractivity contribution in [2.24, 2.45) is 5.92 Å². The fourth-order valence-corrected chi connectivity index (χ4v) is 2.17. The smallest absolute Gasteiger partial charge is 0.277 e. The topological polar surface area (TPSA) is 66.5 Å². The number of aryl methyl sites for hydroxylation is 1. The molecule has 0 bridgehead atoms. The Labute approximate surface area is 115 Å². The molecule has 1 aliphatic heterocycles. The van der Waals surface area contributed by atoms with Gasteiger partial charge in [-0.25, -0.2) is 14.1 Å². The van der Waals surface area contributed by atoms with E-state index >= 15 is 0 Å². The summed E-state index contributed by atoms with van der Waals surface area (Å²) in [4.78, 5) is 36.7. The SMILES string of the molecule is CCCC1C(=O)NC(=O)N(c2ccc(F)c(C)c2)C1=O. The van der Waals surface area contributed by atoms with Crippen LogP contribution >= 0.6 is 0 Å². The molecule has 0 aromatic heterocycles. The summed E-state index contributed by atoms with van der Waals surface area (Å²) in [6, 6.07) is 3.15. The Hall–Kier alpha value is -2.24. The third-order valence-electron chi connectivity index (χ3n) is 3.25. The number of hydrogen-bond donors (Lipinski definition) is 1. The van der Waals surface area contributed by atoms with E-state index in [2.05, 4.69) is 5.32 Å². The maximum atomic E-state index is 13.3. The average molecular weight is 278 g/mol. The van der Waals surface area contributed by atoms with E-state index in [1.807, 2.05) is 6.92 Å². The van der Waals surface area contributed by atoms with Crippen molar-refractivity contribution in [1.29, 1.82) is 0 Å². The van der Waals surface area contributed by atoms with Gasteiger partial charge in [-0.2, -0.15) is 0 Å². The van der Waals surface area contributed by atoms with Crippen LogP contribution in [-0.2, 0) is 9.59 Å². The van der Waals surface area contributed by atoms with E-state index in [1.54, 1.807) is 6.92 Å². The number of hydrogen-bond acceptors (Lipinski definition) is 3. The summed E-state index contributed by atoms with van der Waals surface area (Å²) >= 11 is 0. The normalized spacial score (nSPS) is 19.2. The van der Waals surface area contributed by atoms with Crippen molar-refractivity contribution >= 4 is 23.5 Å². The van der Waals surface area contributed by atoms with E-state index in [0.717, 1.165) is 4.90 Å². The number of nitrogens with zero attached hydrogens (tertiary/aromatic N) is 1. The van der Waals surface area contributed by atoms with Crippen LogP contribution in [0.1, 0.15) is 25.3 Å². The quantitative estimate of drug-likeness (QED) is 0.861. The second kappa shape index (κ2) is 5.40. The molecule has 20 heavy (non-hydrogen) atoms. The molecule has 1 heterocycles. The standard InChI is InChI=1S/C14H15FN2O3/c1-3-4-10-12(18)16-14(20)17(13(10)19)9-5-6-11(15)8(2)7-9/h5-7,10H,3-4H2,1-2H3,(H,16,18,20). The molecule has 1 N–H and O–H groups in total. The summed E-state index contributed by atoms with van der Waals surface area (Å²) in [5.41, 5.74) is 0.590. The zero-order valence-electron chi connectivity index (χ0n) is 11.3. The molecule has 1 fully saturated rings. The summed E-state index contributed by atoms with van der Waals surface area (Å²) in [6.07, 6.45) is 1.02. The first kappa shape index (κ1) is 14.2. The average Bonchev–Trinajstić information content (AvgIpc) is 2.38. The summed E-state index contributed by atoms with van der Waals surface area (Å²) in [5.74, 6) is -2.42. The van der Waals surface area contributed by atoms with Crippen LogP contribution in [-0.4, -0.2) is 17.8 Å². The molecule has 5 nitrogen and oxygen atoms in total. The predicted molar refractivity (Wildman–Crippen MR) is 70.6 cm³/mol. The van der Waals surface area contributed by atoms with Gasteiger partial charge in [0.25, 0.3) is 0 Å². The molecule has 1 unspecified atom stereocenters. The van der Waals surface area contributed by atoms with Crippen molar-refractivity contribution in [2.45, 2.75) is 26.7 Å². The van der Waals surface area contributed by atoms with Crippen LogP contribution in [0.4, 0.5) is 14.9 Å². The molecule has 2 rings (SSSR count). The second-order valence-electron chi connectivity index (χ2n) is 4.74. The lowest BCUT2D eigenvalue weighted by molar-refractivity contribution is -0.134. The minimum atomic E-state index is -0.872. The van der Waals surface area contributed by atoms with Crippen molar-refractivity contribution in [3.05, 3.63) is 29.6 Å². The maximum absolute atomic E-state index is 13.3. The minimum absolute atomic E-state index is 0.264. The largest absolute Gasteiger partial charge is 0.335 e. The number of carbonyl (C=O) groups excluding carboxylic acids is 3. The molecule has 0 spiro atoms. The minimum Gasteiger partial charge on any atom is -0.277 e. The van der Waals surface area contributed by atoms with Gasteiger partial charge in [-0.15, -0.1) is 0 Å². The number of barbiturate groups is 1. The Morgan fingerprint density at radius 2 is 2.00 bits per heavy atom. The highest BCUT2D eigenvalue weighted by molar-refractivity contribution is 6.27. The summed E-state index contributed by atoms with van der Waals surface area (Å²) in [7, 11) is 0. The van der Waals surface area contributed by atoms with Crippen molar-refractivity contribution < 1.29 is 18.8 Å². The molecule has 6 heteroatoms. The lowest BCUT2D eigenvalue weighted by atomic mass is 9.98. The molecule has 0 aliphatic carbocycles. The summed E-state index contributed by atoms with van der Waals surface area (Å²) in [6.45, 7) is 3.39. The van der Waals surface area contributed by atoms with Gasteiger partial charge in [0.15, 0.2) is 0 Å². The first-order chi connectivity index (χ1) is 9.45. The van der Waals surface area contributed by atoms with Gasteiger partial charge in [0, 0.05) is 0 Å². The van der Waals surface area contributed by atoms with E-state index in [0.29, 0.717) is 18.4 Å². The van der Waals surface area contributed by atoms with Crippen LogP contribution in [0, 0.1) is 18.7 Å². The van der Waals surface area contributed by atoms with Gasteiger partial charge in [-0.05, 0) is 37.1 Å². The highest BCUT2D eigenvalue weighted by Crippen LogP contribution is 2.24. The Morgan fingerprint density at radius 3 is 2.60 bits per heavy atom. The number of benzene rings is 1. The molecule has 1 aromatic carbocycles. The van der Waals surface area contributed by atoms with Gasteiger partial charge >= 0.3 is 6.03 Å². The zero-order valence-corrected chi connectivity index (χ0v) is 11.3. The molecular formula is C14H15FN2O3. The van der Waals surface area contributed by atoms with Gasteiger partial charge < -0.3 is 0 Å². The van der Waals surface area contributed by atoms with E-state index < -0.39 is 29.6 Å². The monoisotopic (exact) mass is 278 g/mol. The number of nitrogens with one attached hydrogen (secondary N) is 1. The molecule has 0 radical (unpaired) electrons. The van der Waals surface area contributed by atoms with Crippen molar-refractivity contribution in [2.75, 3.05) is 4.90 Å². The highest BCUT2D eigenvalue weighted by Gasteiger charge is 2.40. The van der Waals surface area contributed by atoms with E-state index in [-0.39, 0.29) is 5.69 Å². The number of halogens is 1. The van der Waals surface area contributed by atoms with Crippen LogP contribution in [0.3, 0.4) is 0 Å². The number of imide groups is 2. The number of urea groups is 1. The van der Waals surface area contributed by atoms with Crippen molar-refractivity contribution in [3.8, 4) is 0 Å². The van der Waals surface area contributed by atoms with Crippen LogP contribution in [0.25, 0.3) is 0 Å².